The summed E-state index contributed by atoms with van der Waals surface area (Å²) in [6, 6.07) is 0.166. The number of anilines is 1. The Bertz CT molecular complexity index is 818. The largest absolute Gasteiger partial charge is 0.468 e. The summed E-state index contributed by atoms with van der Waals surface area (Å²) >= 11 is 0. The van der Waals surface area contributed by atoms with Crippen LogP contribution in [0.2, 0.25) is 0 Å². The van der Waals surface area contributed by atoms with Crippen LogP contribution in [0.1, 0.15) is 51.7 Å². The molecule has 0 fully saturated rings. The number of carbonyl (C=O) groups is 2. The lowest BCUT2D eigenvalue weighted by molar-refractivity contribution is -0.162. The van der Waals surface area contributed by atoms with Gasteiger partial charge in [-0.3, -0.25) is 9.59 Å². The molecule has 0 bridgehead atoms. The standard InChI is InChI=1S/C21H28F6N2O4/c1-12(11-28-16(18(31)32-5)8-9-17(30)33-19(2,3)4)29-13-6-7-14(20(22,23)24)15(10-13)21(25,26)27/h6-7,10,12,16,28-29H,8-9,11H2,1-5H3/t12?,16-/m0/s1. The third-order valence-corrected chi connectivity index (χ3v) is 4.26. The zero-order valence-corrected chi connectivity index (χ0v) is 18.9. The van der Waals surface area contributed by atoms with Gasteiger partial charge in [-0.2, -0.15) is 26.3 Å². The Hall–Kier alpha value is -2.50. The normalized spacial score (nSPS) is 14.4. The summed E-state index contributed by atoms with van der Waals surface area (Å²) in [5, 5.41) is 5.51. The van der Waals surface area contributed by atoms with Crippen molar-refractivity contribution < 1.29 is 45.4 Å². The van der Waals surface area contributed by atoms with Crippen molar-refractivity contribution in [1.82, 2.24) is 5.32 Å². The van der Waals surface area contributed by atoms with Crippen molar-refractivity contribution in [2.45, 2.75) is 70.6 Å². The molecule has 1 rings (SSSR count). The van der Waals surface area contributed by atoms with Gasteiger partial charge in [-0.25, -0.2) is 0 Å². The highest BCUT2D eigenvalue weighted by atomic mass is 19.4. The number of benzene rings is 1. The Morgan fingerprint density at radius 3 is 2.06 bits per heavy atom. The molecule has 1 unspecified atom stereocenters. The molecule has 33 heavy (non-hydrogen) atoms. The lowest BCUT2D eigenvalue weighted by Gasteiger charge is -2.23. The first-order valence-corrected chi connectivity index (χ1v) is 10.0. The predicted octanol–water partition coefficient (Wildman–Crippen LogP) is 4.78. The minimum absolute atomic E-state index is 0.0382. The molecule has 6 nitrogen and oxygen atoms in total. The number of nitrogens with one attached hydrogen (secondary N) is 2. The quantitative estimate of drug-likeness (QED) is 0.387. The summed E-state index contributed by atoms with van der Waals surface area (Å²) < 4.78 is 87.9. The molecule has 0 aliphatic carbocycles. The molecule has 0 amide bonds. The van der Waals surface area contributed by atoms with Gasteiger partial charge in [-0.05, 0) is 52.3 Å². The molecule has 1 aromatic rings. The van der Waals surface area contributed by atoms with E-state index in [1.54, 1.807) is 27.7 Å². The average molecular weight is 486 g/mol. The van der Waals surface area contributed by atoms with E-state index in [0.29, 0.717) is 12.1 Å². The average Bonchev–Trinajstić information content (AvgIpc) is 2.64. The second-order valence-electron chi connectivity index (χ2n) is 8.41. The van der Waals surface area contributed by atoms with E-state index in [0.717, 1.165) is 13.2 Å². The van der Waals surface area contributed by atoms with Gasteiger partial charge >= 0.3 is 24.3 Å². The van der Waals surface area contributed by atoms with Crippen molar-refractivity contribution in [2.24, 2.45) is 0 Å². The second-order valence-corrected chi connectivity index (χ2v) is 8.41. The molecule has 1 aromatic carbocycles. The first kappa shape index (κ1) is 28.5. The number of ether oxygens (including phenoxy) is 2. The summed E-state index contributed by atoms with van der Waals surface area (Å²) in [6.45, 7) is 6.68. The molecule has 0 saturated carbocycles. The molecule has 0 aliphatic rings. The fraction of sp³-hybridized carbons (Fsp3) is 0.619. The minimum Gasteiger partial charge on any atom is -0.468 e. The summed E-state index contributed by atoms with van der Waals surface area (Å²) in [5.74, 6) is -1.17. The number of halogens is 6. The lowest BCUT2D eigenvalue weighted by atomic mass is 10.1. The zero-order valence-electron chi connectivity index (χ0n) is 18.9. The van der Waals surface area contributed by atoms with Crippen molar-refractivity contribution in [3.63, 3.8) is 0 Å². The van der Waals surface area contributed by atoms with Crippen LogP contribution in [0, 0.1) is 0 Å². The second kappa shape index (κ2) is 11.1. The van der Waals surface area contributed by atoms with Crippen LogP contribution in [-0.4, -0.2) is 43.3 Å². The van der Waals surface area contributed by atoms with Crippen LogP contribution in [0.4, 0.5) is 32.0 Å². The van der Waals surface area contributed by atoms with Crippen LogP contribution >= 0.6 is 0 Å². The Kier molecular flexibility index (Phi) is 9.58. The van der Waals surface area contributed by atoms with Crippen LogP contribution in [-0.2, 0) is 31.4 Å². The van der Waals surface area contributed by atoms with Crippen molar-refractivity contribution in [1.29, 1.82) is 0 Å². The van der Waals surface area contributed by atoms with Gasteiger partial charge in [0.25, 0.3) is 0 Å². The van der Waals surface area contributed by atoms with E-state index >= 15 is 0 Å². The summed E-state index contributed by atoms with van der Waals surface area (Å²) in [5.41, 5.74) is -4.45. The monoisotopic (exact) mass is 486 g/mol. The van der Waals surface area contributed by atoms with Crippen LogP contribution in [0.3, 0.4) is 0 Å². The van der Waals surface area contributed by atoms with E-state index < -0.39 is 53.1 Å². The highest BCUT2D eigenvalue weighted by Gasteiger charge is 2.43. The number of hydrogen-bond acceptors (Lipinski definition) is 6. The molecular formula is C21H28F6N2O4. The van der Waals surface area contributed by atoms with Gasteiger partial charge < -0.3 is 20.1 Å². The first-order chi connectivity index (χ1) is 14.9. The Morgan fingerprint density at radius 2 is 1.58 bits per heavy atom. The first-order valence-electron chi connectivity index (χ1n) is 10.0. The van der Waals surface area contributed by atoms with Crippen LogP contribution < -0.4 is 10.6 Å². The molecule has 2 atom stereocenters. The van der Waals surface area contributed by atoms with Gasteiger partial charge in [0.15, 0.2) is 0 Å². The van der Waals surface area contributed by atoms with E-state index in [4.69, 9.17) is 4.74 Å². The van der Waals surface area contributed by atoms with Crippen molar-refractivity contribution in [3.8, 4) is 0 Å². The molecule has 0 saturated heterocycles. The van der Waals surface area contributed by atoms with Crippen molar-refractivity contribution >= 4 is 17.6 Å². The Morgan fingerprint density at radius 1 is 1.00 bits per heavy atom. The van der Waals surface area contributed by atoms with Gasteiger partial charge in [0.1, 0.15) is 11.6 Å². The van der Waals surface area contributed by atoms with Gasteiger partial charge in [0, 0.05) is 24.7 Å². The molecule has 12 heteroatoms. The molecule has 0 aromatic heterocycles. The van der Waals surface area contributed by atoms with E-state index in [2.05, 4.69) is 15.4 Å². The molecule has 0 aliphatic heterocycles. The highest BCUT2D eigenvalue weighted by Crippen LogP contribution is 2.41. The maximum Gasteiger partial charge on any atom is 0.417 e. The molecular weight excluding hydrogens is 458 g/mol. The van der Waals surface area contributed by atoms with E-state index in [9.17, 15) is 35.9 Å². The smallest absolute Gasteiger partial charge is 0.417 e. The number of carbonyl (C=O) groups excluding carboxylic acids is 2. The SMILES string of the molecule is COC(=O)[C@H](CCC(=O)OC(C)(C)C)NCC(C)Nc1ccc(C(F)(F)F)c(C(F)(F)F)c1. The van der Waals surface area contributed by atoms with E-state index in [-0.39, 0.29) is 25.1 Å². The number of esters is 2. The lowest BCUT2D eigenvalue weighted by Crippen LogP contribution is -2.43. The minimum atomic E-state index is -5.19. The topological polar surface area (TPSA) is 76.7 Å². The predicted molar refractivity (Wildman–Crippen MR) is 108 cm³/mol. The molecule has 2 N–H and O–H groups in total. The number of alkyl halides is 6. The zero-order chi connectivity index (χ0) is 25.6. The Labute approximate surface area is 188 Å². The number of rotatable bonds is 9. The summed E-state index contributed by atoms with van der Waals surface area (Å²) in [4.78, 5) is 23.9. The van der Waals surface area contributed by atoms with Crippen LogP contribution in [0.5, 0.6) is 0 Å². The van der Waals surface area contributed by atoms with E-state index in [1.165, 1.54) is 0 Å². The highest BCUT2D eigenvalue weighted by molar-refractivity contribution is 5.77. The van der Waals surface area contributed by atoms with Crippen molar-refractivity contribution in [3.05, 3.63) is 29.3 Å². The fourth-order valence-corrected chi connectivity index (χ4v) is 2.87. The van der Waals surface area contributed by atoms with E-state index in [1.807, 2.05) is 0 Å². The number of hydrogen-bond donors (Lipinski definition) is 2. The summed E-state index contributed by atoms with van der Waals surface area (Å²) in [6.07, 6.45) is -10.4. The maximum absolute atomic E-state index is 13.1. The molecule has 188 valence electrons. The fourth-order valence-electron chi connectivity index (χ4n) is 2.87. The van der Waals surface area contributed by atoms with Gasteiger partial charge in [0.05, 0.1) is 18.2 Å². The third-order valence-electron chi connectivity index (χ3n) is 4.26. The molecule has 0 spiro atoms. The molecule has 0 heterocycles. The third kappa shape index (κ3) is 9.89. The van der Waals surface area contributed by atoms with Crippen molar-refractivity contribution in [2.75, 3.05) is 19.0 Å². The number of methoxy groups -OCH3 is 1. The summed E-state index contributed by atoms with van der Waals surface area (Å²) in [7, 11) is 1.16. The Balaban J connectivity index is 2.82. The van der Waals surface area contributed by atoms with Gasteiger partial charge in [-0.15, -0.1) is 0 Å². The van der Waals surface area contributed by atoms with Gasteiger partial charge in [0.2, 0.25) is 0 Å². The molecule has 0 radical (unpaired) electrons. The van der Waals surface area contributed by atoms with Gasteiger partial charge in [-0.1, -0.05) is 0 Å². The van der Waals surface area contributed by atoms with Crippen LogP contribution in [0.15, 0.2) is 18.2 Å². The van der Waals surface area contributed by atoms with Crippen LogP contribution in [0.25, 0.3) is 0 Å². The maximum atomic E-state index is 13.1.